The van der Waals surface area contributed by atoms with Crippen molar-refractivity contribution in [3.63, 3.8) is 0 Å². The number of carbonyl (C=O) groups excluding carboxylic acids is 2. The van der Waals surface area contributed by atoms with Crippen molar-refractivity contribution in [3.05, 3.63) is 51.9 Å². The number of furan rings is 1. The molecule has 0 saturated carbocycles. The highest BCUT2D eigenvalue weighted by atomic mass is 35.5. The first-order valence-corrected chi connectivity index (χ1v) is 7.16. The second-order valence-corrected chi connectivity index (χ2v) is 5.39. The molecule has 6 heteroatoms. The molecule has 0 atom stereocenters. The van der Waals surface area contributed by atoms with Gasteiger partial charge >= 0.3 is 11.8 Å². The molecule has 0 radical (unpaired) electrons. The number of hydrogen-bond acceptors (Lipinski definition) is 3. The SMILES string of the molecule is Cc1cc(CNC(=O)C(=O)Nc2cccc(Cl)c2C)c(C)o1. The minimum atomic E-state index is -0.733. The lowest BCUT2D eigenvalue weighted by Gasteiger charge is -2.09. The molecule has 0 fully saturated rings. The van der Waals surface area contributed by atoms with Crippen LogP contribution in [0.5, 0.6) is 0 Å². The van der Waals surface area contributed by atoms with Crippen LogP contribution in [0.2, 0.25) is 5.02 Å². The third-order valence-electron chi connectivity index (χ3n) is 3.31. The van der Waals surface area contributed by atoms with Crippen LogP contribution in [-0.4, -0.2) is 11.8 Å². The number of aryl methyl sites for hydroxylation is 2. The molecule has 1 aromatic carbocycles. The highest BCUT2D eigenvalue weighted by Crippen LogP contribution is 2.22. The fourth-order valence-corrected chi connectivity index (χ4v) is 2.21. The van der Waals surface area contributed by atoms with Crippen LogP contribution < -0.4 is 10.6 Å². The number of hydrogen-bond donors (Lipinski definition) is 2. The van der Waals surface area contributed by atoms with Crippen LogP contribution in [-0.2, 0) is 16.1 Å². The predicted molar refractivity (Wildman–Crippen MR) is 84.8 cm³/mol. The number of nitrogens with one attached hydrogen (secondary N) is 2. The Morgan fingerprint density at radius 3 is 2.55 bits per heavy atom. The van der Waals surface area contributed by atoms with Crippen LogP contribution in [0.15, 0.2) is 28.7 Å². The standard InChI is InChI=1S/C16H17ClN2O3/c1-9-7-12(11(3)22-9)8-18-15(20)16(21)19-14-6-4-5-13(17)10(14)2/h4-7H,8H2,1-3H3,(H,18,20)(H,19,21). The molecule has 0 unspecified atom stereocenters. The Kier molecular flexibility index (Phi) is 4.88. The fraction of sp³-hybridized carbons (Fsp3) is 0.250. The van der Waals surface area contributed by atoms with Gasteiger partial charge in [-0.15, -0.1) is 0 Å². The van der Waals surface area contributed by atoms with Crippen molar-refractivity contribution in [3.8, 4) is 0 Å². The normalized spacial score (nSPS) is 10.4. The van der Waals surface area contributed by atoms with E-state index in [0.717, 1.165) is 17.1 Å². The summed E-state index contributed by atoms with van der Waals surface area (Å²) in [4.78, 5) is 23.7. The van der Waals surface area contributed by atoms with Gasteiger partial charge in [0.1, 0.15) is 11.5 Å². The Hall–Kier alpha value is -2.27. The van der Waals surface area contributed by atoms with Gasteiger partial charge in [-0.05, 0) is 44.5 Å². The summed E-state index contributed by atoms with van der Waals surface area (Å²) in [6.45, 7) is 5.65. The summed E-state index contributed by atoms with van der Waals surface area (Å²) in [5.74, 6) is 0.0468. The molecule has 2 amide bonds. The van der Waals surface area contributed by atoms with Gasteiger partial charge in [0.25, 0.3) is 0 Å². The zero-order valence-electron chi connectivity index (χ0n) is 12.6. The summed E-state index contributed by atoms with van der Waals surface area (Å²) < 4.78 is 5.37. The first-order chi connectivity index (χ1) is 10.4. The summed E-state index contributed by atoms with van der Waals surface area (Å²) in [5, 5.41) is 5.64. The molecule has 2 aromatic rings. The molecule has 2 N–H and O–H groups in total. The van der Waals surface area contributed by atoms with Crippen molar-refractivity contribution in [2.75, 3.05) is 5.32 Å². The monoisotopic (exact) mass is 320 g/mol. The minimum Gasteiger partial charge on any atom is -0.466 e. The Balaban J connectivity index is 1.96. The van der Waals surface area contributed by atoms with Crippen LogP contribution in [0, 0.1) is 20.8 Å². The van der Waals surface area contributed by atoms with E-state index in [9.17, 15) is 9.59 Å². The summed E-state index contributed by atoms with van der Waals surface area (Å²) in [6.07, 6.45) is 0. The number of rotatable bonds is 3. The average Bonchev–Trinajstić information content (AvgIpc) is 2.79. The Morgan fingerprint density at radius 2 is 1.91 bits per heavy atom. The lowest BCUT2D eigenvalue weighted by atomic mass is 10.2. The smallest absolute Gasteiger partial charge is 0.313 e. The number of anilines is 1. The molecule has 5 nitrogen and oxygen atoms in total. The lowest BCUT2D eigenvalue weighted by molar-refractivity contribution is -0.136. The molecule has 0 spiro atoms. The number of benzene rings is 1. The molecular formula is C16H17ClN2O3. The van der Waals surface area contributed by atoms with Gasteiger partial charge in [-0.1, -0.05) is 17.7 Å². The minimum absolute atomic E-state index is 0.240. The van der Waals surface area contributed by atoms with Gasteiger partial charge in [0.05, 0.1) is 0 Å². The molecular weight excluding hydrogens is 304 g/mol. The predicted octanol–water partition coefficient (Wildman–Crippen LogP) is 3.11. The molecule has 0 aliphatic rings. The van der Waals surface area contributed by atoms with E-state index in [0.29, 0.717) is 16.3 Å². The molecule has 0 aliphatic heterocycles. The number of amides is 2. The van der Waals surface area contributed by atoms with Gasteiger partial charge in [-0.2, -0.15) is 0 Å². The maximum Gasteiger partial charge on any atom is 0.313 e. The highest BCUT2D eigenvalue weighted by molar-refractivity contribution is 6.40. The molecule has 2 rings (SSSR count). The Morgan fingerprint density at radius 1 is 1.18 bits per heavy atom. The maximum atomic E-state index is 11.9. The third-order valence-corrected chi connectivity index (χ3v) is 3.71. The van der Waals surface area contributed by atoms with Crippen molar-refractivity contribution < 1.29 is 14.0 Å². The maximum absolute atomic E-state index is 11.9. The first-order valence-electron chi connectivity index (χ1n) is 6.78. The average molecular weight is 321 g/mol. The topological polar surface area (TPSA) is 71.3 Å². The quantitative estimate of drug-likeness (QED) is 0.854. The summed E-state index contributed by atoms with van der Waals surface area (Å²) in [6, 6.07) is 6.95. The van der Waals surface area contributed by atoms with E-state index in [-0.39, 0.29) is 6.54 Å². The fourth-order valence-electron chi connectivity index (χ4n) is 2.04. The molecule has 1 aromatic heterocycles. The summed E-state index contributed by atoms with van der Waals surface area (Å²) in [5.41, 5.74) is 2.08. The summed E-state index contributed by atoms with van der Waals surface area (Å²) >= 11 is 5.98. The van der Waals surface area contributed by atoms with Crippen molar-refractivity contribution >= 4 is 29.1 Å². The van der Waals surface area contributed by atoms with Gasteiger partial charge in [0.2, 0.25) is 0 Å². The van der Waals surface area contributed by atoms with E-state index in [4.69, 9.17) is 16.0 Å². The van der Waals surface area contributed by atoms with Gasteiger partial charge in [0.15, 0.2) is 0 Å². The van der Waals surface area contributed by atoms with Gasteiger partial charge < -0.3 is 15.1 Å². The van der Waals surface area contributed by atoms with Gasteiger partial charge in [-0.3, -0.25) is 9.59 Å². The second-order valence-electron chi connectivity index (χ2n) is 4.99. The number of carbonyl (C=O) groups is 2. The van der Waals surface area contributed by atoms with Crippen LogP contribution >= 0.6 is 11.6 Å². The van der Waals surface area contributed by atoms with E-state index in [1.807, 2.05) is 19.9 Å². The molecule has 1 heterocycles. The Labute approximate surface area is 133 Å². The van der Waals surface area contributed by atoms with Crippen molar-refractivity contribution in [1.29, 1.82) is 0 Å². The number of halogens is 1. The van der Waals surface area contributed by atoms with E-state index < -0.39 is 11.8 Å². The molecule has 0 aliphatic carbocycles. The van der Waals surface area contributed by atoms with E-state index >= 15 is 0 Å². The van der Waals surface area contributed by atoms with Crippen molar-refractivity contribution in [2.24, 2.45) is 0 Å². The van der Waals surface area contributed by atoms with Gasteiger partial charge in [0, 0.05) is 22.8 Å². The third kappa shape index (κ3) is 3.68. The molecule has 0 saturated heterocycles. The van der Waals surface area contributed by atoms with Gasteiger partial charge in [-0.25, -0.2) is 0 Å². The van der Waals surface area contributed by atoms with Crippen molar-refractivity contribution in [2.45, 2.75) is 27.3 Å². The largest absolute Gasteiger partial charge is 0.466 e. The zero-order chi connectivity index (χ0) is 16.3. The Bertz CT molecular complexity index is 722. The highest BCUT2D eigenvalue weighted by Gasteiger charge is 2.16. The zero-order valence-corrected chi connectivity index (χ0v) is 13.4. The summed E-state index contributed by atoms with van der Waals surface area (Å²) in [7, 11) is 0. The van der Waals surface area contributed by atoms with Crippen molar-refractivity contribution in [1.82, 2.24) is 5.32 Å². The molecule has 22 heavy (non-hydrogen) atoms. The van der Waals surface area contributed by atoms with E-state index in [2.05, 4.69) is 10.6 Å². The van der Waals surface area contributed by atoms with Crippen LogP contribution in [0.3, 0.4) is 0 Å². The lowest BCUT2D eigenvalue weighted by Crippen LogP contribution is -2.35. The van der Waals surface area contributed by atoms with E-state index in [1.165, 1.54) is 0 Å². The van der Waals surface area contributed by atoms with Crippen LogP contribution in [0.25, 0.3) is 0 Å². The first kappa shape index (κ1) is 16.1. The van der Waals surface area contributed by atoms with Crippen LogP contribution in [0.4, 0.5) is 5.69 Å². The van der Waals surface area contributed by atoms with Crippen LogP contribution in [0.1, 0.15) is 22.6 Å². The van der Waals surface area contributed by atoms with E-state index in [1.54, 1.807) is 25.1 Å². The molecule has 116 valence electrons. The molecule has 0 bridgehead atoms. The second kappa shape index (κ2) is 6.66.